The van der Waals surface area contributed by atoms with Gasteiger partial charge in [0.2, 0.25) is 5.91 Å². The van der Waals surface area contributed by atoms with E-state index in [1.165, 1.54) is 7.11 Å². The van der Waals surface area contributed by atoms with Crippen molar-refractivity contribution in [3.8, 4) is 11.5 Å². The third-order valence-corrected chi connectivity index (χ3v) is 4.59. The van der Waals surface area contributed by atoms with Crippen LogP contribution in [0, 0.1) is 6.92 Å². The highest BCUT2D eigenvalue weighted by Gasteiger charge is 2.20. The molecular weight excluding hydrogens is 376 g/mol. The minimum Gasteiger partial charge on any atom is -0.493 e. The fourth-order valence-electron chi connectivity index (χ4n) is 3.19. The van der Waals surface area contributed by atoms with Crippen molar-refractivity contribution in [3.05, 3.63) is 47.3 Å². The minimum atomic E-state index is -0.521. The Morgan fingerprint density at radius 3 is 2.52 bits per heavy atom. The van der Waals surface area contributed by atoms with Gasteiger partial charge in [0.1, 0.15) is 18.0 Å². The van der Waals surface area contributed by atoms with E-state index in [-0.39, 0.29) is 18.1 Å². The van der Waals surface area contributed by atoms with Crippen LogP contribution < -0.4 is 14.8 Å². The Morgan fingerprint density at radius 2 is 1.83 bits per heavy atom. The Balaban J connectivity index is 1.66. The summed E-state index contributed by atoms with van der Waals surface area (Å²) in [5, 5.41) is 2.88. The van der Waals surface area contributed by atoms with Gasteiger partial charge in [-0.15, -0.1) is 0 Å². The van der Waals surface area contributed by atoms with Crippen molar-refractivity contribution in [1.29, 1.82) is 0 Å². The van der Waals surface area contributed by atoms with Crippen molar-refractivity contribution in [2.45, 2.75) is 19.9 Å². The van der Waals surface area contributed by atoms with Crippen LogP contribution in [0.15, 0.2) is 34.7 Å². The second-order valence-electron chi connectivity index (χ2n) is 6.50. The Labute approximate surface area is 168 Å². The highest BCUT2D eigenvalue weighted by Crippen LogP contribution is 2.27. The van der Waals surface area contributed by atoms with Crippen LogP contribution in [0.1, 0.15) is 21.8 Å². The van der Waals surface area contributed by atoms with Crippen LogP contribution in [0.5, 0.6) is 11.5 Å². The van der Waals surface area contributed by atoms with Gasteiger partial charge in [0, 0.05) is 18.7 Å². The number of esters is 1. The first-order valence-electron chi connectivity index (χ1n) is 9.12. The lowest BCUT2D eigenvalue weighted by molar-refractivity contribution is -0.121. The molecule has 0 atom stereocenters. The normalized spacial score (nSPS) is 10.8. The number of nitrogens with zero attached hydrogens (tertiary/aromatic N) is 1. The topological polar surface area (TPSA) is 91.9 Å². The van der Waals surface area contributed by atoms with Gasteiger partial charge in [0.25, 0.3) is 0 Å². The van der Waals surface area contributed by atoms with Crippen molar-refractivity contribution < 1.29 is 28.2 Å². The SMILES string of the molecule is COC(=O)c1cc2oc(C)cc2n1CC(=O)NCCc1ccc(OC)c(OC)c1. The monoisotopic (exact) mass is 400 g/mol. The van der Waals surface area contributed by atoms with Gasteiger partial charge >= 0.3 is 5.97 Å². The smallest absolute Gasteiger partial charge is 0.354 e. The number of hydrogen-bond acceptors (Lipinski definition) is 6. The molecule has 8 nitrogen and oxygen atoms in total. The maximum atomic E-state index is 12.5. The van der Waals surface area contributed by atoms with E-state index >= 15 is 0 Å². The van der Waals surface area contributed by atoms with E-state index < -0.39 is 5.97 Å². The van der Waals surface area contributed by atoms with Crippen molar-refractivity contribution in [3.63, 3.8) is 0 Å². The summed E-state index contributed by atoms with van der Waals surface area (Å²) in [4.78, 5) is 24.5. The number of aromatic nitrogens is 1. The fourth-order valence-corrected chi connectivity index (χ4v) is 3.19. The second kappa shape index (κ2) is 8.72. The summed E-state index contributed by atoms with van der Waals surface area (Å²) in [5.74, 6) is 1.26. The highest BCUT2D eigenvalue weighted by molar-refractivity contribution is 5.95. The van der Waals surface area contributed by atoms with Crippen LogP contribution in [0.25, 0.3) is 11.1 Å². The molecule has 0 aliphatic carbocycles. The summed E-state index contributed by atoms with van der Waals surface area (Å²) in [7, 11) is 4.47. The van der Waals surface area contributed by atoms with Crippen molar-refractivity contribution in [2.24, 2.45) is 0 Å². The molecule has 0 radical (unpaired) electrons. The van der Waals surface area contributed by atoms with Crippen molar-refractivity contribution in [1.82, 2.24) is 9.88 Å². The van der Waals surface area contributed by atoms with Gasteiger partial charge in [-0.3, -0.25) is 4.79 Å². The van der Waals surface area contributed by atoms with Crippen LogP contribution in [-0.4, -0.2) is 44.3 Å². The molecule has 0 aliphatic heterocycles. The molecule has 1 amide bonds. The maximum Gasteiger partial charge on any atom is 0.354 e. The molecule has 0 spiro atoms. The zero-order valence-corrected chi connectivity index (χ0v) is 16.9. The van der Waals surface area contributed by atoms with Gasteiger partial charge in [-0.2, -0.15) is 0 Å². The molecule has 8 heteroatoms. The van der Waals surface area contributed by atoms with E-state index in [1.807, 2.05) is 25.1 Å². The zero-order chi connectivity index (χ0) is 21.0. The molecular formula is C21H24N2O6. The molecule has 3 aromatic rings. The van der Waals surface area contributed by atoms with Crippen LogP contribution in [0.2, 0.25) is 0 Å². The third-order valence-electron chi connectivity index (χ3n) is 4.59. The number of hydrogen-bond donors (Lipinski definition) is 1. The Hall–Kier alpha value is -3.42. The average Bonchev–Trinajstić information content (AvgIpc) is 3.24. The first-order valence-corrected chi connectivity index (χ1v) is 9.12. The molecule has 0 saturated heterocycles. The van der Waals surface area contributed by atoms with Gasteiger partial charge in [-0.25, -0.2) is 4.79 Å². The lowest BCUT2D eigenvalue weighted by Gasteiger charge is -2.11. The summed E-state index contributed by atoms with van der Waals surface area (Å²) >= 11 is 0. The number of rotatable bonds is 8. The molecule has 3 rings (SSSR count). The van der Waals surface area contributed by atoms with E-state index in [0.29, 0.717) is 41.3 Å². The first-order chi connectivity index (χ1) is 14.0. The van der Waals surface area contributed by atoms with Gasteiger partial charge in [-0.05, 0) is 31.0 Å². The summed E-state index contributed by atoms with van der Waals surface area (Å²) < 4.78 is 22.5. The maximum absolute atomic E-state index is 12.5. The molecule has 2 heterocycles. The standard InChI is InChI=1S/C21H24N2O6/c1-13-9-15-18(29-13)11-16(21(25)28-4)23(15)12-20(24)22-8-7-14-5-6-17(26-2)19(10-14)27-3/h5-6,9-11H,7-8,12H2,1-4H3,(H,22,24). The number of furan rings is 1. The van der Waals surface area contributed by atoms with E-state index in [0.717, 1.165) is 5.56 Å². The number of amides is 1. The van der Waals surface area contributed by atoms with Crippen LogP contribution >= 0.6 is 0 Å². The molecule has 0 unspecified atom stereocenters. The van der Waals surface area contributed by atoms with E-state index in [9.17, 15) is 9.59 Å². The largest absolute Gasteiger partial charge is 0.493 e. The van der Waals surface area contributed by atoms with Crippen LogP contribution in [0.4, 0.5) is 0 Å². The second-order valence-corrected chi connectivity index (χ2v) is 6.50. The van der Waals surface area contributed by atoms with E-state index in [4.69, 9.17) is 18.6 Å². The van der Waals surface area contributed by atoms with Gasteiger partial charge in [0.05, 0.1) is 26.8 Å². The molecule has 0 saturated carbocycles. The van der Waals surface area contributed by atoms with E-state index in [1.54, 1.807) is 30.9 Å². The minimum absolute atomic E-state index is 0.0150. The Morgan fingerprint density at radius 1 is 1.07 bits per heavy atom. The summed E-state index contributed by atoms with van der Waals surface area (Å²) in [6.07, 6.45) is 0.627. The number of carbonyl (C=O) groups excluding carboxylic acids is 2. The van der Waals surface area contributed by atoms with Crippen LogP contribution in [0.3, 0.4) is 0 Å². The van der Waals surface area contributed by atoms with Crippen molar-refractivity contribution >= 4 is 23.0 Å². The van der Waals surface area contributed by atoms with Gasteiger partial charge in [0.15, 0.2) is 17.1 Å². The molecule has 154 valence electrons. The number of methoxy groups -OCH3 is 3. The molecule has 1 aromatic carbocycles. The number of ether oxygens (including phenoxy) is 3. The van der Waals surface area contributed by atoms with Crippen molar-refractivity contribution in [2.75, 3.05) is 27.9 Å². The Bertz CT molecular complexity index is 1030. The van der Waals surface area contributed by atoms with Gasteiger partial charge in [-0.1, -0.05) is 6.07 Å². The number of fused-ring (bicyclic) bond motifs is 1. The molecule has 0 bridgehead atoms. The predicted molar refractivity (Wildman–Crippen MR) is 107 cm³/mol. The highest BCUT2D eigenvalue weighted by atomic mass is 16.5. The predicted octanol–water partition coefficient (Wildman–Crippen LogP) is 2.71. The Kier molecular flexibility index (Phi) is 6.11. The lowest BCUT2D eigenvalue weighted by Crippen LogP contribution is -2.30. The number of carbonyl (C=O) groups is 2. The fraction of sp³-hybridized carbons (Fsp3) is 0.333. The van der Waals surface area contributed by atoms with Gasteiger partial charge < -0.3 is 28.5 Å². The molecule has 0 aliphatic rings. The average molecular weight is 400 g/mol. The number of nitrogens with one attached hydrogen (secondary N) is 1. The molecule has 0 fully saturated rings. The third kappa shape index (κ3) is 4.37. The first kappa shape index (κ1) is 20.3. The summed E-state index contributed by atoms with van der Waals surface area (Å²) in [6.45, 7) is 2.24. The lowest BCUT2D eigenvalue weighted by atomic mass is 10.1. The summed E-state index contributed by atoms with van der Waals surface area (Å²) in [6, 6.07) is 9.01. The molecule has 2 aromatic heterocycles. The quantitative estimate of drug-likeness (QED) is 0.585. The van der Waals surface area contributed by atoms with Crippen LogP contribution in [-0.2, 0) is 22.5 Å². The molecule has 1 N–H and O–H groups in total. The number of benzene rings is 1. The van der Waals surface area contributed by atoms with E-state index in [2.05, 4.69) is 5.32 Å². The zero-order valence-electron chi connectivity index (χ0n) is 16.9. The summed E-state index contributed by atoms with van der Waals surface area (Å²) in [5.41, 5.74) is 2.50. The number of aryl methyl sites for hydroxylation is 1. The molecule has 29 heavy (non-hydrogen) atoms.